The number of hydrogen-bond acceptors (Lipinski definition) is 4. The molecule has 0 aliphatic carbocycles. The zero-order valence-corrected chi connectivity index (χ0v) is 11.0. The summed E-state index contributed by atoms with van der Waals surface area (Å²) in [5.74, 6) is 0.721. The molecule has 5 nitrogen and oxygen atoms in total. The first-order valence-corrected chi connectivity index (χ1v) is 6.17. The molecule has 0 atom stereocenters. The summed E-state index contributed by atoms with van der Waals surface area (Å²) >= 11 is 0. The lowest BCUT2D eigenvalue weighted by molar-refractivity contribution is -0.127. The van der Waals surface area contributed by atoms with Crippen molar-refractivity contribution < 1.29 is 18.7 Å². The van der Waals surface area contributed by atoms with E-state index in [2.05, 4.69) is 5.32 Å². The van der Waals surface area contributed by atoms with Crippen molar-refractivity contribution in [2.45, 2.75) is 33.0 Å². The van der Waals surface area contributed by atoms with Crippen LogP contribution in [-0.4, -0.2) is 31.8 Å². The number of furan rings is 1. The van der Waals surface area contributed by atoms with Gasteiger partial charge in [0.2, 0.25) is 5.91 Å². The molecule has 1 heterocycles. The second kappa shape index (κ2) is 8.72. The van der Waals surface area contributed by atoms with Gasteiger partial charge in [0, 0.05) is 13.2 Å². The Morgan fingerprint density at radius 1 is 1.50 bits per heavy atom. The SMILES string of the molecule is CC(C)OCC(=O)NCCCOCc1ccco1. The first kappa shape index (κ1) is 14.7. The van der Waals surface area contributed by atoms with Crippen molar-refractivity contribution in [2.24, 2.45) is 0 Å². The van der Waals surface area contributed by atoms with Crippen molar-refractivity contribution in [2.75, 3.05) is 19.8 Å². The Morgan fingerprint density at radius 3 is 3.00 bits per heavy atom. The van der Waals surface area contributed by atoms with Gasteiger partial charge < -0.3 is 19.2 Å². The van der Waals surface area contributed by atoms with E-state index in [9.17, 15) is 4.79 Å². The lowest BCUT2D eigenvalue weighted by Crippen LogP contribution is -2.30. The van der Waals surface area contributed by atoms with Crippen molar-refractivity contribution in [1.29, 1.82) is 0 Å². The molecule has 0 saturated carbocycles. The smallest absolute Gasteiger partial charge is 0.246 e. The summed E-state index contributed by atoms with van der Waals surface area (Å²) < 4.78 is 15.7. The Bertz CT molecular complexity index is 322. The number of rotatable bonds is 9. The molecule has 1 rings (SSSR count). The summed E-state index contributed by atoms with van der Waals surface area (Å²) in [6, 6.07) is 3.69. The summed E-state index contributed by atoms with van der Waals surface area (Å²) in [7, 11) is 0. The molecule has 0 saturated heterocycles. The lowest BCUT2D eigenvalue weighted by Gasteiger charge is -2.08. The Labute approximate surface area is 107 Å². The van der Waals surface area contributed by atoms with E-state index in [1.165, 1.54) is 0 Å². The fourth-order valence-corrected chi connectivity index (χ4v) is 1.26. The fraction of sp³-hybridized carbons (Fsp3) is 0.615. The van der Waals surface area contributed by atoms with Gasteiger partial charge in [-0.15, -0.1) is 0 Å². The molecule has 18 heavy (non-hydrogen) atoms. The number of ether oxygens (including phenoxy) is 2. The summed E-state index contributed by atoms with van der Waals surface area (Å²) in [6.07, 6.45) is 2.47. The predicted molar refractivity (Wildman–Crippen MR) is 67.1 cm³/mol. The summed E-state index contributed by atoms with van der Waals surface area (Å²) in [5, 5.41) is 2.76. The quantitative estimate of drug-likeness (QED) is 0.683. The van der Waals surface area contributed by atoms with Crippen LogP contribution in [0.2, 0.25) is 0 Å². The second-order valence-electron chi connectivity index (χ2n) is 4.20. The van der Waals surface area contributed by atoms with Crippen LogP contribution in [0.5, 0.6) is 0 Å². The highest BCUT2D eigenvalue weighted by Gasteiger charge is 2.02. The van der Waals surface area contributed by atoms with Gasteiger partial charge >= 0.3 is 0 Å². The van der Waals surface area contributed by atoms with Gasteiger partial charge in [0.05, 0.1) is 12.4 Å². The molecule has 0 spiro atoms. The van der Waals surface area contributed by atoms with Gasteiger partial charge in [0.1, 0.15) is 19.0 Å². The van der Waals surface area contributed by atoms with Crippen molar-refractivity contribution in [3.05, 3.63) is 24.2 Å². The largest absolute Gasteiger partial charge is 0.467 e. The third-order valence-corrected chi connectivity index (χ3v) is 2.16. The molecule has 5 heteroatoms. The van der Waals surface area contributed by atoms with Crippen molar-refractivity contribution in [3.63, 3.8) is 0 Å². The van der Waals surface area contributed by atoms with E-state index >= 15 is 0 Å². The van der Waals surface area contributed by atoms with E-state index in [0.29, 0.717) is 19.8 Å². The molecular weight excluding hydrogens is 234 g/mol. The number of amides is 1. The number of nitrogens with one attached hydrogen (secondary N) is 1. The maximum absolute atomic E-state index is 11.3. The zero-order valence-electron chi connectivity index (χ0n) is 11.0. The summed E-state index contributed by atoms with van der Waals surface area (Å²) in [6.45, 7) is 5.57. The molecule has 1 N–H and O–H groups in total. The highest BCUT2D eigenvalue weighted by atomic mass is 16.5. The van der Waals surface area contributed by atoms with Crippen LogP contribution in [0.15, 0.2) is 22.8 Å². The van der Waals surface area contributed by atoms with E-state index in [4.69, 9.17) is 13.9 Å². The van der Waals surface area contributed by atoms with Crippen LogP contribution >= 0.6 is 0 Å². The molecule has 102 valence electrons. The van der Waals surface area contributed by atoms with E-state index in [-0.39, 0.29) is 18.6 Å². The zero-order chi connectivity index (χ0) is 13.2. The van der Waals surface area contributed by atoms with Gasteiger partial charge in [-0.2, -0.15) is 0 Å². The van der Waals surface area contributed by atoms with Gasteiger partial charge in [0.25, 0.3) is 0 Å². The third-order valence-electron chi connectivity index (χ3n) is 2.16. The molecule has 0 aromatic carbocycles. The Balaban J connectivity index is 1.90. The van der Waals surface area contributed by atoms with Crippen LogP contribution in [0, 0.1) is 0 Å². The third kappa shape index (κ3) is 7.09. The van der Waals surface area contributed by atoms with Crippen LogP contribution in [0.3, 0.4) is 0 Å². The molecular formula is C13H21NO4. The minimum atomic E-state index is -0.0882. The molecule has 0 fully saturated rings. The van der Waals surface area contributed by atoms with Gasteiger partial charge in [0.15, 0.2) is 0 Å². The van der Waals surface area contributed by atoms with E-state index in [0.717, 1.165) is 12.2 Å². The minimum Gasteiger partial charge on any atom is -0.467 e. The normalized spacial score (nSPS) is 10.8. The average molecular weight is 255 g/mol. The summed E-state index contributed by atoms with van der Waals surface area (Å²) in [5.41, 5.74) is 0. The highest BCUT2D eigenvalue weighted by Crippen LogP contribution is 2.01. The van der Waals surface area contributed by atoms with Crippen molar-refractivity contribution >= 4 is 5.91 Å². The molecule has 0 unspecified atom stereocenters. The van der Waals surface area contributed by atoms with Crippen molar-refractivity contribution in [3.8, 4) is 0 Å². The highest BCUT2D eigenvalue weighted by molar-refractivity contribution is 5.77. The van der Waals surface area contributed by atoms with Gasteiger partial charge in [-0.3, -0.25) is 4.79 Å². The first-order chi connectivity index (χ1) is 8.68. The van der Waals surface area contributed by atoms with Crippen LogP contribution in [0.25, 0.3) is 0 Å². The topological polar surface area (TPSA) is 60.7 Å². The van der Waals surface area contributed by atoms with Crippen molar-refractivity contribution in [1.82, 2.24) is 5.32 Å². The van der Waals surface area contributed by atoms with E-state index < -0.39 is 0 Å². The Kier molecular flexibility index (Phi) is 7.13. The minimum absolute atomic E-state index is 0.0763. The maximum atomic E-state index is 11.3. The van der Waals surface area contributed by atoms with E-state index in [1.807, 2.05) is 26.0 Å². The van der Waals surface area contributed by atoms with Crippen LogP contribution < -0.4 is 5.32 Å². The standard InChI is InChI=1S/C13H21NO4/c1-11(2)18-10-13(15)14-6-4-7-16-9-12-5-3-8-17-12/h3,5,8,11H,4,6-7,9-10H2,1-2H3,(H,14,15). The Morgan fingerprint density at radius 2 is 2.33 bits per heavy atom. The molecule has 1 aromatic heterocycles. The van der Waals surface area contributed by atoms with Gasteiger partial charge in [-0.1, -0.05) is 0 Å². The average Bonchev–Trinajstić information content (AvgIpc) is 2.84. The molecule has 0 aliphatic heterocycles. The predicted octanol–water partition coefficient (Wildman–Crippen LogP) is 1.73. The molecule has 1 amide bonds. The molecule has 0 aliphatic rings. The maximum Gasteiger partial charge on any atom is 0.246 e. The summed E-state index contributed by atoms with van der Waals surface area (Å²) in [4.78, 5) is 11.3. The van der Waals surface area contributed by atoms with E-state index in [1.54, 1.807) is 6.26 Å². The number of carbonyl (C=O) groups excluding carboxylic acids is 1. The molecule has 1 aromatic rings. The van der Waals surface area contributed by atoms with Crippen LogP contribution in [0.4, 0.5) is 0 Å². The molecule has 0 bridgehead atoms. The lowest BCUT2D eigenvalue weighted by atomic mass is 10.4. The number of hydrogen-bond donors (Lipinski definition) is 1. The van der Waals surface area contributed by atoms with Crippen LogP contribution in [-0.2, 0) is 20.9 Å². The monoisotopic (exact) mass is 255 g/mol. The van der Waals surface area contributed by atoms with Gasteiger partial charge in [-0.25, -0.2) is 0 Å². The second-order valence-corrected chi connectivity index (χ2v) is 4.20. The van der Waals surface area contributed by atoms with Crippen LogP contribution in [0.1, 0.15) is 26.0 Å². The fourth-order valence-electron chi connectivity index (χ4n) is 1.26. The van der Waals surface area contributed by atoms with Gasteiger partial charge in [-0.05, 0) is 32.4 Å². The Hall–Kier alpha value is -1.33. The first-order valence-electron chi connectivity index (χ1n) is 6.17. The molecule has 0 radical (unpaired) electrons. The number of carbonyl (C=O) groups is 1.